The molecule has 1 rings (SSSR count). The zero-order valence-corrected chi connectivity index (χ0v) is 9.70. The fourth-order valence-electron chi connectivity index (χ4n) is 0.994. The van der Waals surface area contributed by atoms with Crippen molar-refractivity contribution < 1.29 is 9.47 Å². The van der Waals surface area contributed by atoms with Crippen molar-refractivity contribution in [1.82, 2.24) is 0 Å². The molecule has 0 saturated carbocycles. The monoisotopic (exact) mass is 258 g/mol. The van der Waals surface area contributed by atoms with Crippen molar-refractivity contribution in [3.05, 3.63) is 30.3 Å². The van der Waals surface area contributed by atoms with Crippen molar-refractivity contribution in [3.63, 3.8) is 0 Å². The molecule has 0 radical (unpaired) electrons. The highest BCUT2D eigenvalue weighted by molar-refractivity contribution is 9.09. The topological polar surface area (TPSA) is 18.5 Å². The third-order valence-corrected chi connectivity index (χ3v) is 2.22. The van der Waals surface area contributed by atoms with Crippen LogP contribution in [-0.2, 0) is 4.74 Å². The highest BCUT2D eigenvalue weighted by Crippen LogP contribution is 2.07. The van der Waals surface area contributed by atoms with Gasteiger partial charge >= 0.3 is 0 Å². The van der Waals surface area contributed by atoms with Crippen LogP contribution in [0.2, 0.25) is 0 Å². The van der Waals surface area contributed by atoms with Gasteiger partial charge in [-0.15, -0.1) is 0 Å². The van der Waals surface area contributed by atoms with Crippen LogP contribution < -0.4 is 4.74 Å². The first kappa shape index (κ1) is 11.5. The van der Waals surface area contributed by atoms with E-state index in [4.69, 9.17) is 9.47 Å². The Morgan fingerprint density at radius 1 is 1.00 bits per heavy atom. The predicted molar refractivity (Wildman–Crippen MR) is 61.2 cm³/mol. The van der Waals surface area contributed by atoms with Crippen molar-refractivity contribution in [3.8, 4) is 5.75 Å². The van der Waals surface area contributed by atoms with E-state index < -0.39 is 0 Å². The van der Waals surface area contributed by atoms with Crippen molar-refractivity contribution in [2.24, 2.45) is 0 Å². The normalized spacial score (nSPS) is 10.1. The Hall–Kier alpha value is -0.540. The van der Waals surface area contributed by atoms with Gasteiger partial charge in [-0.1, -0.05) is 34.1 Å². The molecule has 0 aromatic heterocycles. The summed E-state index contributed by atoms with van der Waals surface area (Å²) in [6, 6.07) is 9.78. The van der Waals surface area contributed by atoms with Gasteiger partial charge in [-0.3, -0.25) is 0 Å². The lowest BCUT2D eigenvalue weighted by atomic mass is 10.3. The van der Waals surface area contributed by atoms with Crippen LogP contribution in [0.4, 0.5) is 0 Å². The van der Waals surface area contributed by atoms with Crippen molar-refractivity contribution in [2.75, 3.05) is 25.2 Å². The smallest absolute Gasteiger partial charge is 0.119 e. The van der Waals surface area contributed by atoms with Crippen LogP contribution in [0.25, 0.3) is 0 Å². The molecule has 0 aliphatic rings. The van der Waals surface area contributed by atoms with Gasteiger partial charge in [-0.05, 0) is 18.6 Å². The SMILES string of the molecule is BrCCCOCCOc1ccccc1. The van der Waals surface area contributed by atoms with Crippen molar-refractivity contribution >= 4 is 15.9 Å². The zero-order valence-electron chi connectivity index (χ0n) is 8.12. The summed E-state index contributed by atoms with van der Waals surface area (Å²) in [5, 5.41) is 0.993. The van der Waals surface area contributed by atoms with Crippen LogP contribution in [0.5, 0.6) is 5.75 Å². The minimum absolute atomic E-state index is 0.617. The van der Waals surface area contributed by atoms with E-state index in [0.29, 0.717) is 13.2 Å². The first-order valence-electron chi connectivity index (χ1n) is 4.75. The van der Waals surface area contributed by atoms with E-state index in [1.807, 2.05) is 30.3 Å². The van der Waals surface area contributed by atoms with Gasteiger partial charge in [0.15, 0.2) is 0 Å². The molecule has 0 amide bonds. The Bertz CT molecular complexity index is 226. The highest BCUT2D eigenvalue weighted by Gasteiger charge is 1.91. The zero-order chi connectivity index (χ0) is 10.1. The maximum Gasteiger partial charge on any atom is 0.119 e. The molecule has 0 saturated heterocycles. The minimum Gasteiger partial charge on any atom is -0.491 e. The summed E-state index contributed by atoms with van der Waals surface area (Å²) in [6.07, 6.45) is 1.05. The first-order chi connectivity index (χ1) is 6.93. The summed E-state index contributed by atoms with van der Waals surface area (Å²) in [7, 11) is 0. The van der Waals surface area contributed by atoms with Crippen LogP contribution in [0.1, 0.15) is 6.42 Å². The molecule has 0 aliphatic carbocycles. The highest BCUT2D eigenvalue weighted by atomic mass is 79.9. The summed E-state index contributed by atoms with van der Waals surface area (Å²) in [6.45, 7) is 2.07. The molecule has 0 heterocycles. The van der Waals surface area contributed by atoms with E-state index in [1.54, 1.807) is 0 Å². The molecule has 0 aliphatic heterocycles. The molecule has 0 atom stereocenters. The van der Waals surface area contributed by atoms with E-state index in [0.717, 1.165) is 24.1 Å². The predicted octanol–water partition coefficient (Wildman–Crippen LogP) is 2.87. The molecule has 0 unspecified atom stereocenters. The van der Waals surface area contributed by atoms with Gasteiger partial charge in [0, 0.05) is 11.9 Å². The number of rotatable bonds is 7. The van der Waals surface area contributed by atoms with Crippen LogP contribution in [0.15, 0.2) is 30.3 Å². The quantitative estimate of drug-likeness (QED) is 0.553. The van der Waals surface area contributed by atoms with Gasteiger partial charge in [0.2, 0.25) is 0 Å². The van der Waals surface area contributed by atoms with Gasteiger partial charge in [-0.25, -0.2) is 0 Å². The number of halogens is 1. The Morgan fingerprint density at radius 3 is 2.50 bits per heavy atom. The van der Waals surface area contributed by atoms with E-state index in [1.165, 1.54) is 0 Å². The Balaban J connectivity index is 1.99. The van der Waals surface area contributed by atoms with Crippen LogP contribution >= 0.6 is 15.9 Å². The summed E-state index contributed by atoms with van der Waals surface area (Å²) in [4.78, 5) is 0. The van der Waals surface area contributed by atoms with E-state index in [-0.39, 0.29) is 0 Å². The van der Waals surface area contributed by atoms with E-state index >= 15 is 0 Å². The maximum absolute atomic E-state index is 5.45. The van der Waals surface area contributed by atoms with Crippen LogP contribution in [0, 0.1) is 0 Å². The summed E-state index contributed by atoms with van der Waals surface area (Å²) in [5.41, 5.74) is 0. The molecule has 1 aromatic carbocycles. The molecule has 1 aromatic rings. The Kier molecular flexibility index (Phi) is 6.45. The number of alkyl halides is 1. The van der Waals surface area contributed by atoms with Crippen molar-refractivity contribution in [1.29, 1.82) is 0 Å². The van der Waals surface area contributed by atoms with Crippen LogP contribution in [0.3, 0.4) is 0 Å². The van der Waals surface area contributed by atoms with E-state index in [2.05, 4.69) is 15.9 Å². The molecule has 14 heavy (non-hydrogen) atoms. The molecule has 0 bridgehead atoms. The molecule has 0 fully saturated rings. The number of para-hydroxylation sites is 1. The molecule has 2 nitrogen and oxygen atoms in total. The Labute approximate surface area is 93.4 Å². The Morgan fingerprint density at radius 2 is 1.79 bits per heavy atom. The molecule has 0 spiro atoms. The second-order valence-corrected chi connectivity index (χ2v) is 3.61. The third kappa shape index (κ3) is 5.25. The standard InChI is InChI=1S/C11H15BrO2/c12-7-4-8-13-9-10-14-11-5-2-1-3-6-11/h1-3,5-6H,4,7-10H2. The largest absolute Gasteiger partial charge is 0.491 e. The fraction of sp³-hybridized carbons (Fsp3) is 0.455. The second kappa shape index (κ2) is 7.83. The summed E-state index contributed by atoms with van der Waals surface area (Å²) < 4.78 is 10.8. The number of benzene rings is 1. The lowest BCUT2D eigenvalue weighted by Crippen LogP contribution is -2.07. The van der Waals surface area contributed by atoms with Gasteiger partial charge in [-0.2, -0.15) is 0 Å². The lowest BCUT2D eigenvalue weighted by Gasteiger charge is -2.06. The molecule has 3 heteroatoms. The van der Waals surface area contributed by atoms with Crippen LogP contribution in [-0.4, -0.2) is 25.2 Å². The van der Waals surface area contributed by atoms with Gasteiger partial charge in [0.25, 0.3) is 0 Å². The number of hydrogen-bond acceptors (Lipinski definition) is 2. The summed E-state index contributed by atoms with van der Waals surface area (Å²) in [5.74, 6) is 0.900. The minimum atomic E-state index is 0.617. The average Bonchev–Trinajstić information content (AvgIpc) is 2.25. The van der Waals surface area contributed by atoms with E-state index in [9.17, 15) is 0 Å². The average molecular weight is 259 g/mol. The van der Waals surface area contributed by atoms with Gasteiger partial charge in [0.1, 0.15) is 12.4 Å². The second-order valence-electron chi connectivity index (χ2n) is 2.82. The fourth-order valence-corrected chi connectivity index (χ4v) is 1.22. The maximum atomic E-state index is 5.45. The van der Waals surface area contributed by atoms with Gasteiger partial charge in [0.05, 0.1) is 6.61 Å². The molecule has 0 N–H and O–H groups in total. The van der Waals surface area contributed by atoms with Crippen molar-refractivity contribution in [2.45, 2.75) is 6.42 Å². The molecular formula is C11H15BrO2. The number of hydrogen-bond donors (Lipinski definition) is 0. The molecule has 78 valence electrons. The lowest BCUT2D eigenvalue weighted by molar-refractivity contribution is 0.101. The third-order valence-electron chi connectivity index (χ3n) is 1.66. The summed E-state index contributed by atoms with van der Waals surface area (Å²) >= 11 is 3.34. The first-order valence-corrected chi connectivity index (χ1v) is 5.87. The number of ether oxygens (including phenoxy) is 2. The van der Waals surface area contributed by atoms with Gasteiger partial charge < -0.3 is 9.47 Å². The molecular weight excluding hydrogens is 244 g/mol.